The van der Waals surface area contributed by atoms with Gasteiger partial charge in [0, 0.05) is 24.8 Å². The number of carbonyl (C=O) groups excluding carboxylic acids is 1. The summed E-state index contributed by atoms with van der Waals surface area (Å²) >= 11 is 0. The molecule has 2 heterocycles. The SMILES string of the molecule is O=C1CNC(c2ccc(F)cc2F)N1CC1CCCO1. The van der Waals surface area contributed by atoms with Gasteiger partial charge in [-0.1, -0.05) is 0 Å². The van der Waals surface area contributed by atoms with Gasteiger partial charge in [0.2, 0.25) is 5.91 Å². The van der Waals surface area contributed by atoms with Crippen LogP contribution in [0.1, 0.15) is 24.6 Å². The molecule has 0 saturated carbocycles. The first-order valence-corrected chi connectivity index (χ1v) is 6.74. The summed E-state index contributed by atoms with van der Waals surface area (Å²) < 4.78 is 32.4. The average Bonchev–Trinajstić information content (AvgIpc) is 3.03. The predicted molar refractivity (Wildman–Crippen MR) is 67.8 cm³/mol. The fraction of sp³-hybridized carbons (Fsp3) is 0.500. The maximum atomic E-state index is 13.9. The number of carbonyl (C=O) groups is 1. The van der Waals surface area contributed by atoms with E-state index in [4.69, 9.17) is 4.74 Å². The molecule has 6 heteroatoms. The van der Waals surface area contributed by atoms with Gasteiger partial charge in [0.1, 0.15) is 17.8 Å². The van der Waals surface area contributed by atoms with Crippen LogP contribution in [0.3, 0.4) is 0 Å². The van der Waals surface area contributed by atoms with Crippen LogP contribution in [0.5, 0.6) is 0 Å². The molecule has 4 nitrogen and oxygen atoms in total. The molecule has 2 fully saturated rings. The zero-order chi connectivity index (χ0) is 14.1. The van der Waals surface area contributed by atoms with Gasteiger partial charge in [0.15, 0.2) is 0 Å². The number of halogens is 2. The van der Waals surface area contributed by atoms with Gasteiger partial charge in [-0.05, 0) is 25.0 Å². The number of rotatable bonds is 3. The molecule has 0 radical (unpaired) electrons. The lowest BCUT2D eigenvalue weighted by Gasteiger charge is -2.27. The highest BCUT2D eigenvalue weighted by molar-refractivity contribution is 5.81. The Labute approximate surface area is 115 Å². The lowest BCUT2D eigenvalue weighted by Crippen LogP contribution is -2.37. The molecule has 108 valence electrons. The molecule has 2 aliphatic rings. The van der Waals surface area contributed by atoms with Crippen LogP contribution >= 0.6 is 0 Å². The van der Waals surface area contributed by atoms with Crippen LogP contribution in [0.25, 0.3) is 0 Å². The van der Waals surface area contributed by atoms with Crippen molar-refractivity contribution in [2.75, 3.05) is 19.7 Å². The summed E-state index contributed by atoms with van der Waals surface area (Å²) in [5.74, 6) is -1.36. The second-order valence-electron chi connectivity index (χ2n) is 5.13. The molecule has 1 amide bonds. The predicted octanol–water partition coefficient (Wildman–Crippen LogP) is 1.57. The van der Waals surface area contributed by atoms with E-state index in [1.165, 1.54) is 12.1 Å². The van der Waals surface area contributed by atoms with Crippen molar-refractivity contribution in [3.05, 3.63) is 35.4 Å². The molecular formula is C14H16F2N2O2. The Bertz CT molecular complexity index is 518. The van der Waals surface area contributed by atoms with E-state index < -0.39 is 17.8 Å². The van der Waals surface area contributed by atoms with Gasteiger partial charge in [-0.15, -0.1) is 0 Å². The van der Waals surface area contributed by atoms with Crippen molar-refractivity contribution in [1.29, 1.82) is 0 Å². The van der Waals surface area contributed by atoms with Crippen molar-refractivity contribution in [1.82, 2.24) is 10.2 Å². The highest BCUT2D eigenvalue weighted by atomic mass is 19.1. The van der Waals surface area contributed by atoms with E-state index in [0.29, 0.717) is 13.2 Å². The largest absolute Gasteiger partial charge is 0.376 e. The molecule has 0 spiro atoms. The van der Waals surface area contributed by atoms with Crippen molar-refractivity contribution in [2.24, 2.45) is 0 Å². The zero-order valence-corrected chi connectivity index (χ0v) is 10.9. The van der Waals surface area contributed by atoms with Gasteiger partial charge in [-0.25, -0.2) is 8.78 Å². The summed E-state index contributed by atoms with van der Waals surface area (Å²) in [6, 6.07) is 3.42. The summed E-state index contributed by atoms with van der Waals surface area (Å²) in [5.41, 5.74) is 0.287. The van der Waals surface area contributed by atoms with Crippen molar-refractivity contribution in [3.8, 4) is 0 Å². The number of amides is 1. The van der Waals surface area contributed by atoms with Crippen molar-refractivity contribution in [2.45, 2.75) is 25.1 Å². The van der Waals surface area contributed by atoms with Gasteiger partial charge in [-0.2, -0.15) is 0 Å². The average molecular weight is 282 g/mol. The number of nitrogens with zero attached hydrogens (tertiary/aromatic N) is 1. The minimum absolute atomic E-state index is 0.00450. The van der Waals surface area contributed by atoms with E-state index in [-0.39, 0.29) is 24.1 Å². The molecule has 2 unspecified atom stereocenters. The third kappa shape index (κ3) is 2.53. The first kappa shape index (κ1) is 13.5. The Morgan fingerprint density at radius 2 is 2.25 bits per heavy atom. The molecule has 1 aromatic carbocycles. The summed E-state index contributed by atoms with van der Waals surface area (Å²) in [7, 11) is 0. The number of hydrogen-bond acceptors (Lipinski definition) is 3. The Morgan fingerprint density at radius 3 is 2.95 bits per heavy atom. The molecule has 3 rings (SSSR count). The van der Waals surface area contributed by atoms with Gasteiger partial charge in [0.25, 0.3) is 0 Å². The number of nitrogens with one attached hydrogen (secondary N) is 1. The van der Waals surface area contributed by atoms with Crippen LogP contribution in [-0.2, 0) is 9.53 Å². The summed E-state index contributed by atoms with van der Waals surface area (Å²) in [6.07, 6.45) is 1.34. The van der Waals surface area contributed by atoms with Crippen molar-refractivity contribution >= 4 is 5.91 Å². The van der Waals surface area contributed by atoms with Gasteiger partial charge in [-0.3, -0.25) is 10.1 Å². The molecule has 1 N–H and O–H groups in total. The topological polar surface area (TPSA) is 41.6 Å². The quantitative estimate of drug-likeness (QED) is 0.915. The van der Waals surface area contributed by atoms with Gasteiger partial charge < -0.3 is 9.64 Å². The van der Waals surface area contributed by atoms with Crippen molar-refractivity contribution < 1.29 is 18.3 Å². The molecule has 1 aromatic rings. The Hall–Kier alpha value is -1.53. The number of benzene rings is 1. The summed E-state index contributed by atoms with van der Waals surface area (Å²) in [5, 5.41) is 2.97. The molecule has 0 bridgehead atoms. The van der Waals surface area contributed by atoms with Crippen LogP contribution in [0.4, 0.5) is 8.78 Å². The fourth-order valence-electron chi connectivity index (χ4n) is 2.76. The monoisotopic (exact) mass is 282 g/mol. The van der Waals surface area contributed by atoms with E-state index in [2.05, 4.69) is 5.32 Å². The minimum Gasteiger partial charge on any atom is -0.376 e. The Kier molecular flexibility index (Phi) is 3.67. The first-order chi connectivity index (χ1) is 9.65. The number of hydrogen-bond donors (Lipinski definition) is 1. The summed E-state index contributed by atoms with van der Waals surface area (Å²) in [6.45, 7) is 1.30. The fourth-order valence-corrected chi connectivity index (χ4v) is 2.76. The second kappa shape index (κ2) is 5.46. The Balaban J connectivity index is 1.81. The van der Waals surface area contributed by atoms with Gasteiger partial charge >= 0.3 is 0 Å². The van der Waals surface area contributed by atoms with Crippen LogP contribution in [0, 0.1) is 11.6 Å². The van der Waals surface area contributed by atoms with Crippen LogP contribution in [0.2, 0.25) is 0 Å². The number of ether oxygens (including phenoxy) is 1. The third-order valence-corrected chi connectivity index (χ3v) is 3.76. The molecule has 2 aliphatic heterocycles. The zero-order valence-electron chi connectivity index (χ0n) is 10.9. The first-order valence-electron chi connectivity index (χ1n) is 6.74. The van der Waals surface area contributed by atoms with E-state index >= 15 is 0 Å². The molecule has 2 saturated heterocycles. The molecule has 2 atom stereocenters. The lowest BCUT2D eigenvalue weighted by atomic mass is 10.1. The van der Waals surface area contributed by atoms with Crippen LogP contribution in [-0.4, -0.2) is 36.6 Å². The maximum absolute atomic E-state index is 13.9. The molecular weight excluding hydrogens is 266 g/mol. The third-order valence-electron chi connectivity index (χ3n) is 3.76. The normalized spacial score (nSPS) is 26.5. The lowest BCUT2D eigenvalue weighted by molar-refractivity contribution is -0.129. The van der Waals surface area contributed by atoms with E-state index in [1.54, 1.807) is 4.90 Å². The molecule has 0 aliphatic carbocycles. The Morgan fingerprint density at radius 1 is 1.40 bits per heavy atom. The smallest absolute Gasteiger partial charge is 0.238 e. The second-order valence-corrected chi connectivity index (χ2v) is 5.13. The van der Waals surface area contributed by atoms with Crippen LogP contribution < -0.4 is 5.32 Å². The van der Waals surface area contributed by atoms with E-state index in [1.807, 2.05) is 0 Å². The van der Waals surface area contributed by atoms with E-state index in [0.717, 1.165) is 18.9 Å². The van der Waals surface area contributed by atoms with Crippen molar-refractivity contribution in [3.63, 3.8) is 0 Å². The summed E-state index contributed by atoms with van der Waals surface area (Å²) in [4.78, 5) is 13.5. The highest BCUT2D eigenvalue weighted by Crippen LogP contribution is 2.27. The molecule has 0 aromatic heterocycles. The minimum atomic E-state index is -0.644. The maximum Gasteiger partial charge on any atom is 0.238 e. The highest BCUT2D eigenvalue weighted by Gasteiger charge is 2.35. The van der Waals surface area contributed by atoms with Gasteiger partial charge in [0.05, 0.1) is 12.6 Å². The standard InChI is InChI=1S/C14H16F2N2O2/c15-9-3-4-11(12(16)6-9)14-17-7-13(19)18(14)8-10-2-1-5-20-10/h3-4,6,10,14,17H,1-2,5,7-8H2. The van der Waals surface area contributed by atoms with Crippen LogP contribution in [0.15, 0.2) is 18.2 Å². The van der Waals surface area contributed by atoms with E-state index in [9.17, 15) is 13.6 Å². The molecule has 20 heavy (non-hydrogen) atoms.